The molecule has 0 saturated heterocycles. The van der Waals surface area contributed by atoms with Gasteiger partial charge in [0.15, 0.2) is 17.5 Å². The van der Waals surface area contributed by atoms with E-state index in [-0.39, 0.29) is 0 Å². The van der Waals surface area contributed by atoms with Gasteiger partial charge in [0.2, 0.25) is 6.79 Å². The first-order valence-corrected chi connectivity index (χ1v) is 8.15. The summed E-state index contributed by atoms with van der Waals surface area (Å²) < 4.78 is 12.9. The molecule has 1 N–H and O–H groups in total. The fourth-order valence-electron chi connectivity index (χ4n) is 2.65. The standard InChI is InChI=1S/C18H24N4O2/c1-4-19-18(22(3)12-15-6-5-9-21(15)2)20-11-14-7-8-16-17(10-14)24-13-23-16/h5-10H,4,11-13H2,1-3H3,(H,19,20). The van der Waals surface area contributed by atoms with Crippen LogP contribution in [0.1, 0.15) is 18.2 Å². The van der Waals surface area contributed by atoms with Gasteiger partial charge in [-0.2, -0.15) is 0 Å². The topological polar surface area (TPSA) is 51.0 Å². The summed E-state index contributed by atoms with van der Waals surface area (Å²) in [5, 5.41) is 3.35. The fraction of sp³-hybridized carbons (Fsp3) is 0.389. The van der Waals surface area contributed by atoms with E-state index < -0.39 is 0 Å². The van der Waals surface area contributed by atoms with Crippen LogP contribution >= 0.6 is 0 Å². The third-order valence-corrected chi connectivity index (χ3v) is 4.00. The van der Waals surface area contributed by atoms with Crippen molar-refractivity contribution in [2.24, 2.45) is 12.0 Å². The molecule has 0 aliphatic carbocycles. The summed E-state index contributed by atoms with van der Waals surface area (Å²) in [6.45, 7) is 4.60. The molecule has 1 aromatic heterocycles. The molecule has 2 heterocycles. The van der Waals surface area contributed by atoms with Gasteiger partial charge in [-0.1, -0.05) is 6.07 Å². The first-order chi connectivity index (χ1) is 11.7. The summed E-state index contributed by atoms with van der Waals surface area (Å²) in [6.07, 6.45) is 2.06. The number of aryl methyl sites for hydroxylation is 1. The zero-order chi connectivity index (χ0) is 16.9. The summed E-state index contributed by atoms with van der Waals surface area (Å²) in [6, 6.07) is 10.1. The third-order valence-electron chi connectivity index (χ3n) is 4.00. The Morgan fingerprint density at radius 2 is 2.12 bits per heavy atom. The van der Waals surface area contributed by atoms with Crippen LogP contribution in [0.25, 0.3) is 0 Å². The maximum atomic E-state index is 5.42. The molecule has 0 amide bonds. The van der Waals surface area contributed by atoms with Crippen molar-refractivity contribution in [2.75, 3.05) is 20.4 Å². The molecular formula is C18H24N4O2. The van der Waals surface area contributed by atoms with E-state index >= 15 is 0 Å². The van der Waals surface area contributed by atoms with Gasteiger partial charge in [-0.15, -0.1) is 0 Å². The second kappa shape index (κ2) is 7.29. The summed E-state index contributed by atoms with van der Waals surface area (Å²) >= 11 is 0. The van der Waals surface area contributed by atoms with Crippen LogP contribution in [0.15, 0.2) is 41.5 Å². The molecule has 6 nitrogen and oxygen atoms in total. The highest BCUT2D eigenvalue weighted by Gasteiger charge is 2.13. The van der Waals surface area contributed by atoms with Gasteiger partial charge >= 0.3 is 0 Å². The van der Waals surface area contributed by atoms with Crippen LogP contribution in [0.2, 0.25) is 0 Å². The quantitative estimate of drug-likeness (QED) is 0.676. The molecule has 1 aliphatic rings. The Labute approximate surface area is 142 Å². The Hall–Kier alpha value is -2.63. The van der Waals surface area contributed by atoms with E-state index in [0.717, 1.165) is 36.1 Å². The van der Waals surface area contributed by atoms with E-state index in [9.17, 15) is 0 Å². The van der Waals surface area contributed by atoms with Crippen molar-refractivity contribution in [3.05, 3.63) is 47.8 Å². The summed E-state index contributed by atoms with van der Waals surface area (Å²) in [5.41, 5.74) is 2.34. The number of benzene rings is 1. The van der Waals surface area contributed by atoms with Crippen molar-refractivity contribution in [3.8, 4) is 11.5 Å². The molecule has 24 heavy (non-hydrogen) atoms. The highest BCUT2D eigenvalue weighted by Crippen LogP contribution is 2.32. The average Bonchev–Trinajstić information content (AvgIpc) is 3.20. The van der Waals surface area contributed by atoms with Crippen molar-refractivity contribution in [1.29, 1.82) is 0 Å². The second-order valence-electron chi connectivity index (χ2n) is 5.82. The Balaban J connectivity index is 1.70. The Morgan fingerprint density at radius 3 is 2.88 bits per heavy atom. The smallest absolute Gasteiger partial charge is 0.231 e. The lowest BCUT2D eigenvalue weighted by Crippen LogP contribution is -2.38. The number of nitrogens with zero attached hydrogens (tertiary/aromatic N) is 3. The molecule has 0 atom stereocenters. The van der Waals surface area contributed by atoms with Crippen LogP contribution in [0.3, 0.4) is 0 Å². The fourth-order valence-corrected chi connectivity index (χ4v) is 2.65. The Kier molecular flexibility index (Phi) is 4.93. The minimum absolute atomic E-state index is 0.296. The number of fused-ring (bicyclic) bond motifs is 1. The van der Waals surface area contributed by atoms with Gasteiger partial charge in [-0.3, -0.25) is 0 Å². The zero-order valence-corrected chi connectivity index (χ0v) is 14.5. The number of hydrogen-bond acceptors (Lipinski definition) is 3. The largest absolute Gasteiger partial charge is 0.454 e. The van der Waals surface area contributed by atoms with Gasteiger partial charge in [-0.25, -0.2) is 4.99 Å². The van der Waals surface area contributed by atoms with E-state index in [0.29, 0.717) is 13.3 Å². The number of ether oxygens (including phenoxy) is 2. The first kappa shape index (κ1) is 16.2. The number of aromatic nitrogens is 1. The van der Waals surface area contributed by atoms with Crippen LogP contribution in [-0.4, -0.2) is 35.8 Å². The molecule has 0 fully saturated rings. The van der Waals surface area contributed by atoms with Crippen LogP contribution in [0.4, 0.5) is 0 Å². The molecule has 1 aromatic carbocycles. The Morgan fingerprint density at radius 1 is 1.29 bits per heavy atom. The van der Waals surface area contributed by atoms with Crippen LogP contribution in [0, 0.1) is 0 Å². The van der Waals surface area contributed by atoms with Crippen LogP contribution < -0.4 is 14.8 Å². The summed E-state index contributed by atoms with van der Waals surface area (Å²) in [5.74, 6) is 2.48. The lowest BCUT2D eigenvalue weighted by Gasteiger charge is -2.22. The van der Waals surface area contributed by atoms with Crippen LogP contribution in [-0.2, 0) is 20.1 Å². The van der Waals surface area contributed by atoms with E-state index in [1.165, 1.54) is 5.69 Å². The maximum Gasteiger partial charge on any atom is 0.231 e. The number of aliphatic imine (C=N–C) groups is 1. The van der Waals surface area contributed by atoms with Gasteiger partial charge in [-0.05, 0) is 36.8 Å². The molecular weight excluding hydrogens is 304 g/mol. The van der Waals surface area contributed by atoms with E-state index in [1.54, 1.807) is 0 Å². The number of rotatable bonds is 5. The monoisotopic (exact) mass is 328 g/mol. The molecule has 128 valence electrons. The minimum Gasteiger partial charge on any atom is -0.454 e. The lowest BCUT2D eigenvalue weighted by atomic mass is 10.2. The van der Waals surface area contributed by atoms with Gasteiger partial charge < -0.3 is 24.3 Å². The highest BCUT2D eigenvalue weighted by molar-refractivity contribution is 5.79. The van der Waals surface area contributed by atoms with Crippen molar-refractivity contribution in [3.63, 3.8) is 0 Å². The molecule has 3 rings (SSSR count). The predicted molar refractivity (Wildman–Crippen MR) is 94.3 cm³/mol. The van der Waals surface area contributed by atoms with Gasteiger partial charge in [0.25, 0.3) is 0 Å². The lowest BCUT2D eigenvalue weighted by molar-refractivity contribution is 0.174. The molecule has 2 aromatic rings. The average molecular weight is 328 g/mol. The number of guanidine groups is 1. The Bertz CT molecular complexity index is 724. The second-order valence-corrected chi connectivity index (χ2v) is 5.82. The predicted octanol–water partition coefficient (Wildman–Crippen LogP) is 2.35. The number of nitrogens with one attached hydrogen (secondary N) is 1. The summed E-state index contributed by atoms with van der Waals surface area (Å²) in [4.78, 5) is 6.88. The number of hydrogen-bond donors (Lipinski definition) is 1. The molecule has 0 bridgehead atoms. The van der Waals surface area contributed by atoms with Gasteiger partial charge in [0, 0.05) is 32.5 Å². The molecule has 0 spiro atoms. The van der Waals surface area contributed by atoms with E-state index in [1.807, 2.05) is 25.2 Å². The maximum absolute atomic E-state index is 5.42. The molecule has 0 radical (unpaired) electrons. The molecule has 0 unspecified atom stereocenters. The van der Waals surface area contributed by atoms with Crippen molar-refractivity contribution < 1.29 is 9.47 Å². The van der Waals surface area contributed by atoms with E-state index in [2.05, 4.69) is 47.1 Å². The SMILES string of the molecule is CCNC(=NCc1ccc2c(c1)OCO2)N(C)Cc1cccn1C. The third kappa shape index (κ3) is 3.64. The van der Waals surface area contributed by atoms with Crippen LogP contribution in [0.5, 0.6) is 11.5 Å². The van der Waals surface area contributed by atoms with Crippen molar-refractivity contribution in [1.82, 2.24) is 14.8 Å². The van der Waals surface area contributed by atoms with Crippen molar-refractivity contribution in [2.45, 2.75) is 20.0 Å². The minimum atomic E-state index is 0.296. The molecule has 6 heteroatoms. The summed E-state index contributed by atoms with van der Waals surface area (Å²) in [7, 11) is 4.11. The van der Waals surface area contributed by atoms with E-state index in [4.69, 9.17) is 14.5 Å². The van der Waals surface area contributed by atoms with Gasteiger partial charge in [0.1, 0.15) is 0 Å². The zero-order valence-electron chi connectivity index (χ0n) is 14.5. The molecule has 0 saturated carbocycles. The first-order valence-electron chi connectivity index (χ1n) is 8.15. The highest BCUT2D eigenvalue weighted by atomic mass is 16.7. The normalized spacial score (nSPS) is 13.2. The van der Waals surface area contributed by atoms with Gasteiger partial charge in [0.05, 0.1) is 13.1 Å². The van der Waals surface area contributed by atoms with Crippen molar-refractivity contribution >= 4 is 5.96 Å². The molecule has 1 aliphatic heterocycles.